The molecule has 0 radical (unpaired) electrons. The average molecular weight is 253 g/mol. The highest BCUT2D eigenvalue weighted by atomic mass is 16.4. The number of hydrogen-bond donors (Lipinski definition) is 4. The van der Waals surface area contributed by atoms with Crippen LogP contribution in [-0.4, -0.2) is 43.4 Å². The second-order valence-corrected chi connectivity index (χ2v) is 4.08. The molecular weight excluding hydrogens is 242 g/mol. The lowest BCUT2D eigenvalue weighted by Gasteiger charge is -2.32. The fourth-order valence-electron chi connectivity index (χ4n) is 2.03. The number of fused-ring (bicyclic) bond motifs is 1. The van der Waals surface area contributed by atoms with Crippen molar-refractivity contribution in [2.45, 2.75) is 19.0 Å². The van der Waals surface area contributed by atoms with Crippen LogP contribution in [0.2, 0.25) is 0 Å². The Hall–Kier alpha value is -2.44. The summed E-state index contributed by atoms with van der Waals surface area (Å²) in [6, 6.07) is 1.33. The van der Waals surface area contributed by atoms with Crippen LogP contribution in [0.25, 0.3) is 0 Å². The Morgan fingerprint density at radius 3 is 2.17 bits per heavy atom. The van der Waals surface area contributed by atoms with Crippen molar-refractivity contribution >= 4 is 12.1 Å². The molecule has 2 rings (SSSR count). The molecule has 0 spiro atoms. The summed E-state index contributed by atoms with van der Waals surface area (Å²) >= 11 is 0. The summed E-state index contributed by atoms with van der Waals surface area (Å²) in [6.45, 7) is -0.129. The predicted octanol–water partition coefficient (Wildman–Crippen LogP) is 0.587. The molecule has 1 aromatic carbocycles. The van der Waals surface area contributed by atoms with Gasteiger partial charge >= 0.3 is 12.1 Å². The van der Waals surface area contributed by atoms with Gasteiger partial charge in [0.25, 0.3) is 0 Å². The molecule has 0 saturated heterocycles. The zero-order valence-electron chi connectivity index (χ0n) is 9.20. The number of phenols is 2. The minimum Gasteiger partial charge on any atom is -0.504 e. The lowest BCUT2D eigenvalue weighted by molar-refractivity contribution is -0.143. The molecule has 0 aliphatic carbocycles. The van der Waals surface area contributed by atoms with Gasteiger partial charge in [-0.05, 0) is 23.3 Å². The Bertz CT molecular complexity index is 480. The third kappa shape index (κ3) is 1.90. The SMILES string of the molecule is O=C(O)[C@@H]1Cc2cc(O)c(O)cc2CN1C(=O)O. The molecule has 1 aliphatic heterocycles. The minimum absolute atomic E-state index is 0.0369. The smallest absolute Gasteiger partial charge is 0.408 e. The number of carbonyl (C=O) groups is 2. The van der Waals surface area contributed by atoms with Crippen molar-refractivity contribution in [2.75, 3.05) is 0 Å². The van der Waals surface area contributed by atoms with E-state index in [4.69, 9.17) is 10.2 Å². The Morgan fingerprint density at radius 2 is 1.67 bits per heavy atom. The maximum Gasteiger partial charge on any atom is 0.408 e. The van der Waals surface area contributed by atoms with E-state index in [0.29, 0.717) is 11.1 Å². The van der Waals surface area contributed by atoms with E-state index in [1.54, 1.807) is 0 Å². The predicted molar refractivity (Wildman–Crippen MR) is 58.5 cm³/mol. The number of nitrogens with zero attached hydrogens (tertiary/aromatic N) is 1. The molecule has 0 aromatic heterocycles. The third-order valence-corrected chi connectivity index (χ3v) is 2.96. The van der Waals surface area contributed by atoms with Gasteiger partial charge in [-0.2, -0.15) is 0 Å². The van der Waals surface area contributed by atoms with Crippen molar-refractivity contribution in [2.24, 2.45) is 0 Å². The normalized spacial score (nSPS) is 18.2. The fourth-order valence-corrected chi connectivity index (χ4v) is 2.03. The lowest BCUT2D eigenvalue weighted by atomic mass is 9.93. The largest absolute Gasteiger partial charge is 0.504 e. The molecule has 0 unspecified atom stereocenters. The number of aliphatic carboxylic acids is 1. The molecule has 1 heterocycles. The van der Waals surface area contributed by atoms with Crippen LogP contribution in [-0.2, 0) is 17.8 Å². The van der Waals surface area contributed by atoms with E-state index >= 15 is 0 Å². The van der Waals surface area contributed by atoms with Crippen molar-refractivity contribution in [1.29, 1.82) is 0 Å². The van der Waals surface area contributed by atoms with Gasteiger partial charge in [0, 0.05) is 6.42 Å². The lowest BCUT2D eigenvalue weighted by Crippen LogP contribution is -2.48. The number of hydrogen-bond acceptors (Lipinski definition) is 4. The first-order valence-electron chi connectivity index (χ1n) is 5.16. The molecule has 7 heteroatoms. The summed E-state index contributed by atoms with van der Waals surface area (Å²) in [6.07, 6.45) is -1.37. The van der Waals surface area contributed by atoms with Crippen LogP contribution in [0.4, 0.5) is 4.79 Å². The molecule has 1 aliphatic rings. The number of amides is 1. The van der Waals surface area contributed by atoms with Crippen molar-refractivity contribution in [1.82, 2.24) is 4.90 Å². The Balaban J connectivity index is 2.44. The highest BCUT2D eigenvalue weighted by Gasteiger charge is 2.35. The maximum absolute atomic E-state index is 11.0. The van der Waals surface area contributed by atoms with Crippen molar-refractivity contribution < 1.29 is 30.0 Å². The summed E-state index contributed by atoms with van der Waals surface area (Å²) in [4.78, 5) is 22.8. The summed E-state index contributed by atoms with van der Waals surface area (Å²) < 4.78 is 0. The van der Waals surface area contributed by atoms with Crippen LogP contribution >= 0.6 is 0 Å². The Kier molecular flexibility index (Phi) is 2.74. The Morgan fingerprint density at radius 1 is 1.11 bits per heavy atom. The summed E-state index contributed by atoms with van der Waals surface area (Å²) in [7, 11) is 0. The van der Waals surface area contributed by atoms with Crippen LogP contribution in [0.1, 0.15) is 11.1 Å². The molecule has 0 saturated carbocycles. The maximum atomic E-state index is 11.0. The molecule has 1 aromatic rings. The summed E-state index contributed by atoms with van der Waals surface area (Å²) in [5.74, 6) is -1.94. The molecule has 4 N–H and O–H groups in total. The molecule has 0 fully saturated rings. The number of aromatic hydroxyl groups is 2. The fraction of sp³-hybridized carbons (Fsp3) is 0.273. The number of carboxylic acid groups (broad SMARTS) is 2. The van der Waals surface area contributed by atoms with Crippen LogP contribution < -0.4 is 0 Å². The molecule has 1 amide bonds. The van der Waals surface area contributed by atoms with Gasteiger partial charge in [-0.15, -0.1) is 0 Å². The van der Waals surface area contributed by atoms with Crippen LogP contribution in [0, 0.1) is 0 Å². The first kappa shape index (κ1) is 12.0. The molecular formula is C11H11NO6. The van der Waals surface area contributed by atoms with Crippen molar-refractivity contribution in [3.63, 3.8) is 0 Å². The van der Waals surface area contributed by atoms with Gasteiger partial charge in [-0.25, -0.2) is 9.59 Å². The Labute approximate surface area is 102 Å². The quantitative estimate of drug-likeness (QED) is 0.544. The summed E-state index contributed by atoms with van der Waals surface area (Å²) in [5, 5.41) is 36.6. The first-order valence-corrected chi connectivity index (χ1v) is 5.16. The van der Waals surface area contributed by atoms with Gasteiger partial charge in [-0.1, -0.05) is 0 Å². The highest BCUT2D eigenvalue weighted by Crippen LogP contribution is 2.33. The molecule has 96 valence electrons. The third-order valence-electron chi connectivity index (χ3n) is 2.96. The van der Waals surface area contributed by atoms with E-state index in [9.17, 15) is 19.8 Å². The highest BCUT2D eigenvalue weighted by molar-refractivity contribution is 5.80. The van der Waals surface area contributed by atoms with Crippen molar-refractivity contribution in [3.05, 3.63) is 23.3 Å². The number of carboxylic acids is 1. The second-order valence-electron chi connectivity index (χ2n) is 4.08. The zero-order valence-corrected chi connectivity index (χ0v) is 9.20. The van der Waals surface area contributed by atoms with Gasteiger partial charge < -0.3 is 20.4 Å². The first-order chi connectivity index (χ1) is 8.40. The van der Waals surface area contributed by atoms with E-state index < -0.39 is 18.1 Å². The second kappa shape index (κ2) is 4.10. The van der Waals surface area contributed by atoms with Crippen molar-refractivity contribution in [3.8, 4) is 11.5 Å². The number of benzene rings is 1. The standard InChI is InChI=1S/C11H11NO6/c13-8-2-5-1-7(10(15)16)12(11(17)18)4-6(5)3-9(8)14/h2-3,7,13-14H,1,4H2,(H,15,16)(H,17,18)/t7-/m0/s1. The molecule has 0 bridgehead atoms. The monoisotopic (exact) mass is 253 g/mol. The average Bonchev–Trinajstić information content (AvgIpc) is 2.28. The van der Waals surface area contributed by atoms with E-state index in [1.165, 1.54) is 12.1 Å². The van der Waals surface area contributed by atoms with Gasteiger partial charge in [0.2, 0.25) is 0 Å². The van der Waals surface area contributed by atoms with Crippen LogP contribution in [0.3, 0.4) is 0 Å². The van der Waals surface area contributed by atoms with E-state index in [0.717, 1.165) is 4.90 Å². The van der Waals surface area contributed by atoms with E-state index in [-0.39, 0.29) is 24.5 Å². The van der Waals surface area contributed by atoms with Gasteiger partial charge in [-0.3, -0.25) is 4.90 Å². The molecule has 1 atom stereocenters. The topological polar surface area (TPSA) is 118 Å². The molecule has 7 nitrogen and oxygen atoms in total. The molecule has 18 heavy (non-hydrogen) atoms. The number of phenolic OH excluding ortho intramolecular Hbond substituents is 2. The van der Waals surface area contributed by atoms with Gasteiger partial charge in [0.1, 0.15) is 6.04 Å². The summed E-state index contributed by atoms with van der Waals surface area (Å²) in [5.41, 5.74) is 1.01. The van der Waals surface area contributed by atoms with Crippen LogP contribution in [0.5, 0.6) is 11.5 Å². The minimum atomic E-state index is -1.33. The van der Waals surface area contributed by atoms with E-state index in [1.807, 2.05) is 0 Å². The van der Waals surface area contributed by atoms with Gasteiger partial charge in [0.05, 0.1) is 6.54 Å². The van der Waals surface area contributed by atoms with Crippen LogP contribution in [0.15, 0.2) is 12.1 Å². The zero-order chi connectivity index (χ0) is 13.4. The van der Waals surface area contributed by atoms with Gasteiger partial charge in [0.15, 0.2) is 11.5 Å². The van der Waals surface area contributed by atoms with E-state index in [2.05, 4.69) is 0 Å². The number of rotatable bonds is 1.